The number of piperazine rings is 1. The number of hydrogen-bond acceptors (Lipinski definition) is 6. The quantitative estimate of drug-likeness (QED) is 0.426. The van der Waals surface area contributed by atoms with Gasteiger partial charge < -0.3 is 15.0 Å². The van der Waals surface area contributed by atoms with Crippen LogP contribution in [-0.4, -0.2) is 55.6 Å². The van der Waals surface area contributed by atoms with Gasteiger partial charge in [-0.05, 0) is 61.0 Å². The molecule has 0 spiro atoms. The van der Waals surface area contributed by atoms with E-state index in [4.69, 9.17) is 9.72 Å². The molecule has 5 rings (SSSR count). The number of nitrogens with zero attached hydrogens (tertiary/aromatic N) is 3. The first-order valence-electron chi connectivity index (χ1n) is 11.5. The number of thiazole rings is 1. The van der Waals surface area contributed by atoms with E-state index in [-0.39, 0.29) is 5.91 Å². The third-order valence-corrected chi connectivity index (χ3v) is 7.18. The number of fused-ring (bicyclic) bond motifs is 1. The van der Waals surface area contributed by atoms with Gasteiger partial charge in [-0.1, -0.05) is 12.1 Å². The maximum absolute atomic E-state index is 12.6. The largest absolute Gasteiger partial charge is 0.497 e. The highest BCUT2D eigenvalue weighted by Crippen LogP contribution is 2.31. The summed E-state index contributed by atoms with van der Waals surface area (Å²) in [4.78, 5) is 21.9. The molecule has 1 aliphatic rings. The van der Waals surface area contributed by atoms with Crippen LogP contribution in [0.2, 0.25) is 0 Å². The molecule has 1 saturated heterocycles. The Balaban J connectivity index is 1.14. The van der Waals surface area contributed by atoms with E-state index in [1.165, 1.54) is 10.3 Å². The minimum Gasteiger partial charge on any atom is -0.497 e. The number of anilines is 2. The second-order valence-electron chi connectivity index (χ2n) is 8.58. The van der Waals surface area contributed by atoms with Crippen LogP contribution in [0, 0.1) is 6.92 Å². The van der Waals surface area contributed by atoms with Crippen LogP contribution in [0.1, 0.15) is 5.56 Å². The Morgan fingerprint density at radius 3 is 2.59 bits per heavy atom. The van der Waals surface area contributed by atoms with Gasteiger partial charge in [-0.3, -0.25) is 9.69 Å². The second kappa shape index (κ2) is 9.83. The number of benzene rings is 3. The zero-order valence-electron chi connectivity index (χ0n) is 19.5. The first kappa shape index (κ1) is 22.4. The second-order valence-corrected chi connectivity index (χ2v) is 9.61. The zero-order valence-corrected chi connectivity index (χ0v) is 20.3. The zero-order chi connectivity index (χ0) is 23.5. The number of carbonyl (C=O) groups is 1. The average molecular weight is 473 g/mol. The molecule has 1 fully saturated rings. The minimum absolute atomic E-state index is 0.0121. The van der Waals surface area contributed by atoms with Gasteiger partial charge in [-0.2, -0.15) is 0 Å². The molecule has 0 atom stereocenters. The van der Waals surface area contributed by atoms with Gasteiger partial charge in [0.2, 0.25) is 5.91 Å². The van der Waals surface area contributed by atoms with Crippen molar-refractivity contribution >= 4 is 38.8 Å². The Bertz CT molecular complexity index is 1290. The van der Waals surface area contributed by atoms with Crippen LogP contribution in [-0.2, 0) is 4.79 Å². The van der Waals surface area contributed by atoms with Crippen molar-refractivity contribution in [3.05, 3.63) is 72.3 Å². The normalized spacial score (nSPS) is 14.4. The van der Waals surface area contributed by atoms with Gasteiger partial charge in [0, 0.05) is 49.2 Å². The molecule has 0 unspecified atom stereocenters. The lowest BCUT2D eigenvalue weighted by Crippen LogP contribution is -2.48. The van der Waals surface area contributed by atoms with Gasteiger partial charge in [0.25, 0.3) is 0 Å². The molecule has 0 saturated carbocycles. The number of carbonyl (C=O) groups excluding carboxylic acids is 1. The standard InChI is InChI=1S/C27H28N4O2S/c1-19-6-11-24-25(16-19)34-27(29-24)20-7-9-21(10-8-20)28-26(32)18-30-12-14-31(15-13-30)22-4-3-5-23(17-22)33-2/h3-11,16-17H,12-15,18H2,1-2H3,(H,28,32). The maximum atomic E-state index is 12.6. The lowest BCUT2D eigenvalue weighted by atomic mass is 10.2. The molecule has 3 aromatic carbocycles. The van der Waals surface area contributed by atoms with Gasteiger partial charge in [0.1, 0.15) is 10.8 Å². The van der Waals surface area contributed by atoms with Crippen molar-refractivity contribution < 1.29 is 9.53 Å². The summed E-state index contributed by atoms with van der Waals surface area (Å²) in [6, 6.07) is 22.4. The molecule has 1 N–H and O–H groups in total. The number of aromatic nitrogens is 1. The van der Waals surface area contributed by atoms with E-state index < -0.39 is 0 Å². The van der Waals surface area contributed by atoms with Crippen LogP contribution in [0.15, 0.2) is 66.7 Å². The molecule has 1 aromatic heterocycles. The van der Waals surface area contributed by atoms with Crippen molar-refractivity contribution in [1.82, 2.24) is 9.88 Å². The summed E-state index contributed by atoms with van der Waals surface area (Å²) in [7, 11) is 1.69. The van der Waals surface area contributed by atoms with Crippen molar-refractivity contribution in [2.45, 2.75) is 6.92 Å². The van der Waals surface area contributed by atoms with Crippen LogP contribution in [0.25, 0.3) is 20.8 Å². The first-order chi connectivity index (χ1) is 16.6. The summed E-state index contributed by atoms with van der Waals surface area (Å²) in [5.41, 5.74) is 5.29. The monoisotopic (exact) mass is 472 g/mol. The summed E-state index contributed by atoms with van der Waals surface area (Å²) >= 11 is 1.69. The van der Waals surface area contributed by atoms with Gasteiger partial charge in [-0.25, -0.2) is 4.98 Å². The van der Waals surface area contributed by atoms with E-state index in [0.29, 0.717) is 6.54 Å². The molecule has 0 bridgehead atoms. The average Bonchev–Trinajstić information content (AvgIpc) is 3.28. The van der Waals surface area contributed by atoms with Crippen LogP contribution < -0.4 is 15.0 Å². The molecule has 2 heterocycles. The number of rotatable bonds is 6. The Morgan fingerprint density at radius 1 is 1.03 bits per heavy atom. The summed E-state index contributed by atoms with van der Waals surface area (Å²) in [5.74, 6) is 0.876. The third-order valence-electron chi connectivity index (χ3n) is 6.12. The van der Waals surface area contributed by atoms with Crippen molar-refractivity contribution in [1.29, 1.82) is 0 Å². The molecule has 1 aliphatic heterocycles. The van der Waals surface area contributed by atoms with Crippen molar-refractivity contribution in [3.63, 3.8) is 0 Å². The number of amides is 1. The molecule has 0 radical (unpaired) electrons. The van der Waals surface area contributed by atoms with Gasteiger partial charge in [0.15, 0.2) is 0 Å². The summed E-state index contributed by atoms with van der Waals surface area (Å²) < 4.78 is 6.53. The van der Waals surface area contributed by atoms with Gasteiger partial charge >= 0.3 is 0 Å². The molecule has 34 heavy (non-hydrogen) atoms. The highest BCUT2D eigenvalue weighted by Gasteiger charge is 2.19. The van der Waals surface area contributed by atoms with Crippen molar-refractivity contribution in [3.8, 4) is 16.3 Å². The van der Waals surface area contributed by atoms with Crippen LogP contribution in [0.4, 0.5) is 11.4 Å². The Kier molecular flexibility index (Phi) is 6.47. The van der Waals surface area contributed by atoms with Crippen LogP contribution in [0.5, 0.6) is 5.75 Å². The molecular weight excluding hydrogens is 444 g/mol. The fourth-order valence-electron chi connectivity index (χ4n) is 4.23. The van der Waals surface area contributed by atoms with E-state index >= 15 is 0 Å². The molecule has 174 valence electrons. The topological polar surface area (TPSA) is 57.7 Å². The highest BCUT2D eigenvalue weighted by molar-refractivity contribution is 7.21. The van der Waals surface area contributed by atoms with Gasteiger partial charge in [0.05, 0.1) is 23.9 Å². The van der Waals surface area contributed by atoms with Crippen molar-refractivity contribution in [2.24, 2.45) is 0 Å². The minimum atomic E-state index is 0.0121. The van der Waals surface area contributed by atoms with E-state index in [2.05, 4.69) is 52.4 Å². The fourth-order valence-corrected chi connectivity index (χ4v) is 5.30. The third kappa shape index (κ3) is 5.05. The summed E-state index contributed by atoms with van der Waals surface area (Å²) in [6.45, 7) is 5.96. The Labute approximate surface area is 203 Å². The summed E-state index contributed by atoms with van der Waals surface area (Å²) in [6.07, 6.45) is 0. The smallest absolute Gasteiger partial charge is 0.238 e. The predicted octanol–water partition coefficient (Wildman–Crippen LogP) is 5.04. The summed E-state index contributed by atoms with van der Waals surface area (Å²) in [5, 5.41) is 4.03. The number of aryl methyl sites for hydroxylation is 1. The molecule has 1 amide bonds. The number of methoxy groups -OCH3 is 1. The molecule has 7 heteroatoms. The molecular formula is C27H28N4O2S. The van der Waals surface area contributed by atoms with Crippen LogP contribution >= 0.6 is 11.3 Å². The van der Waals surface area contributed by atoms with Gasteiger partial charge in [-0.15, -0.1) is 11.3 Å². The van der Waals surface area contributed by atoms with E-state index in [1.807, 2.05) is 36.4 Å². The molecule has 6 nitrogen and oxygen atoms in total. The number of ether oxygens (including phenoxy) is 1. The molecule has 4 aromatic rings. The lowest BCUT2D eigenvalue weighted by Gasteiger charge is -2.35. The number of hydrogen-bond donors (Lipinski definition) is 1. The first-order valence-corrected chi connectivity index (χ1v) is 12.3. The highest BCUT2D eigenvalue weighted by atomic mass is 32.1. The van der Waals surface area contributed by atoms with Crippen LogP contribution in [0.3, 0.4) is 0 Å². The van der Waals surface area contributed by atoms with Crippen molar-refractivity contribution in [2.75, 3.05) is 50.1 Å². The predicted molar refractivity (Wildman–Crippen MR) is 140 cm³/mol. The van der Waals surface area contributed by atoms with E-state index in [1.54, 1.807) is 18.4 Å². The van der Waals surface area contributed by atoms with E-state index in [9.17, 15) is 4.79 Å². The SMILES string of the molecule is COc1cccc(N2CCN(CC(=O)Nc3ccc(-c4nc5ccc(C)cc5s4)cc3)CC2)c1. The number of nitrogens with one attached hydrogen (secondary N) is 1. The lowest BCUT2D eigenvalue weighted by molar-refractivity contribution is -0.117. The Hall–Kier alpha value is -3.42. The fraction of sp³-hybridized carbons (Fsp3) is 0.259. The Morgan fingerprint density at radius 2 is 1.82 bits per heavy atom. The van der Waals surface area contributed by atoms with E-state index in [0.717, 1.165) is 59.4 Å². The maximum Gasteiger partial charge on any atom is 0.238 e. The molecule has 0 aliphatic carbocycles.